The van der Waals surface area contributed by atoms with Gasteiger partial charge in [0.1, 0.15) is 0 Å². The zero-order chi connectivity index (χ0) is 12.5. The average Bonchev–Trinajstić information content (AvgIpc) is 2.35. The number of hydrogen-bond acceptors (Lipinski definition) is 3. The van der Waals surface area contributed by atoms with E-state index in [0.29, 0.717) is 6.04 Å². The second-order valence-corrected chi connectivity index (χ2v) is 4.47. The third-order valence-electron chi connectivity index (χ3n) is 2.69. The maximum Gasteiger partial charge on any atom is 0.0621 e. The van der Waals surface area contributed by atoms with E-state index in [0.717, 1.165) is 43.1 Å². The van der Waals surface area contributed by atoms with Crippen molar-refractivity contribution in [1.82, 2.24) is 10.3 Å². The molecule has 0 spiro atoms. The fourth-order valence-electron chi connectivity index (χ4n) is 1.66. The minimum absolute atomic E-state index is 0.395. The van der Waals surface area contributed by atoms with Crippen LogP contribution < -0.4 is 5.32 Å². The first-order valence-corrected chi connectivity index (χ1v) is 6.49. The lowest BCUT2D eigenvalue weighted by molar-refractivity contribution is 0.125. The van der Waals surface area contributed by atoms with Gasteiger partial charge in [0.25, 0.3) is 0 Å². The van der Waals surface area contributed by atoms with Crippen LogP contribution in [0.25, 0.3) is 0 Å². The van der Waals surface area contributed by atoms with E-state index in [9.17, 15) is 0 Å². The first-order chi connectivity index (χ1) is 8.27. The van der Waals surface area contributed by atoms with Crippen molar-refractivity contribution >= 4 is 11.6 Å². The van der Waals surface area contributed by atoms with Crippen LogP contribution in [-0.4, -0.2) is 31.3 Å². The molecule has 0 aliphatic heterocycles. The van der Waals surface area contributed by atoms with E-state index in [2.05, 4.69) is 17.2 Å². The van der Waals surface area contributed by atoms with E-state index in [4.69, 9.17) is 16.3 Å². The minimum atomic E-state index is 0.395. The second-order valence-electron chi connectivity index (χ2n) is 4.06. The van der Waals surface area contributed by atoms with Crippen LogP contribution in [0.2, 0.25) is 5.02 Å². The Morgan fingerprint density at radius 3 is 2.94 bits per heavy atom. The van der Waals surface area contributed by atoms with Gasteiger partial charge < -0.3 is 10.1 Å². The van der Waals surface area contributed by atoms with Crippen molar-refractivity contribution in [2.24, 2.45) is 0 Å². The molecule has 0 radical (unpaired) electrons. The number of pyridine rings is 1. The molecule has 0 bridgehead atoms. The van der Waals surface area contributed by atoms with E-state index >= 15 is 0 Å². The molecular formula is C13H21ClN2O. The van der Waals surface area contributed by atoms with Crippen LogP contribution >= 0.6 is 11.6 Å². The van der Waals surface area contributed by atoms with E-state index in [1.54, 1.807) is 12.4 Å². The van der Waals surface area contributed by atoms with Gasteiger partial charge in [-0.05, 0) is 37.9 Å². The highest BCUT2D eigenvalue weighted by molar-refractivity contribution is 6.31. The van der Waals surface area contributed by atoms with Gasteiger partial charge >= 0.3 is 0 Å². The number of rotatable bonds is 8. The Bertz CT molecular complexity index is 320. The van der Waals surface area contributed by atoms with Gasteiger partial charge in [0.05, 0.1) is 5.02 Å². The van der Waals surface area contributed by atoms with Crippen LogP contribution in [0.5, 0.6) is 0 Å². The second kappa shape index (κ2) is 8.45. The fourth-order valence-corrected chi connectivity index (χ4v) is 1.85. The number of aromatic nitrogens is 1. The quantitative estimate of drug-likeness (QED) is 0.727. The lowest BCUT2D eigenvalue weighted by Gasteiger charge is -2.16. The Kier molecular flexibility index (Phi) is 7.17. The highest BCUT2D eigenvalue weighted by Crippen LogP contribution is 2.16. The van der Waals surface area contributed by atoms with Crippen molar-refractivity contribution in [3.8, 4) is 0 Å². The zero-order valence-corrected chi connectivity index (χ0v) is 11.3. The molecule has 1 heterocycles. The highest BCUT2D eigenvalue weighted by atomic mass is 35.5. The normalized spacial score (nSPS) is 12.6. The van der Waals surface area contributed by atoms with Crippen molar-refractivity contribution in [2.45, 2.75) is 32.2 Å². The molecule has 0 aliphatic carbocycles. The first kappa shape index (κ1) is 14.4. The largest absolute Gasteiger partial charge is 0.381 e. The van der Waals surface area contributed by atoms with Gasteiger partial charge in [-0.2, -0.15) is 0 Å². The van der Waals surface area contributed by atoms with Crippen LogP contribution in [-0.2, 0) is 11.2 Å². The molecule has 0 aromatic carbocycles. The molecular weight excluding hydrogens is 236 g/mol. The topological polar surface area (TPSA) is 34.1 Å². The summed E-state index contributed by atoms with van der Waals surface area (Å²) in [6, 6.07) is 2.37. The zero-order valence-electron chi connectivity index (χ0n) is 10.6. The predicted molar refractivity (Wildman–Crippen MR) is 71.5 cm³/mol. The van der Waals surface area contributed by atoms with Crippen LogP contribution in [0.1, 0.15) is 25.3 Å². The van der Waals surface area contributed by atoms with Gasteiger partial charge in [-0.15, -0.1) is 0 Å². The number of halogens is 1. The van der Waals surface area contributed by atoms with E-state index < -0.39 is 0 Å². The van der Waals surface area contributed by atoms with Gasteiger partial charge in [0, 0.05) is 31.6 Å². The van der Waals surface area contributed by atoms with Gasteiger partial charge in [0.2, 0.25) is 0 Å². The molecule has 0 saturated carbocycles. The van der Waals surface area contributed by atoms with E-state index in [-0.39, 0.29) is 0 Å². The number of ether oxygens (including phenoxy) is 1. The first-order valence-electron chi connectivity index (χ1n) is 6.11. The third kappa shape index (κ3) is 5.48. The van der Waals surface area contributed by atoms with Gasteiger partial charge in [-0.1, -0.05) is 18.5 Å². The molecule has 1 aromatic rings. The summed E-state index contributed by atoms with van der Waals surface area (Å²) >= 11 is 6.09. The number of nitrogens with one attached hydrogen (secondary N) is 1. The molecule has 0 saturated heterocycles. The molecule has 3 nitrogen and oxygen atoms in total. The molecule has 96 valence electrons. The predicted octanol–water partition coefficient (Wildman–Crippen LogP) is 2.68. The highest BCUT2D eigenvalue weighted by Gasteiger charge is 2.09. The maximum absolute atomic E-state index is 6.09. The standard InChI is InChI=1S/C13H21ClN2O/c1-3-7-17-8-5-12(15-2)9-11-4-6-16-10-13(11)14/h4,6,10,12,15H,3,5,7-9H2,1-2H3. The summed E-state index contributed by atoms with van der Waals surface area (Å²) in [5.41, 5.74) is 1.14. The minimum Gasteiger partial charge on any atom is -0.381 e. The van der Waals surface area contributed by atoms with E-state index in [1.165, 1.54) is 0 Å². The summed E-state index contributed by atoms with van der Waals surface area (Å²) in [6.45, 7) is 3.75. The van der Waals surface area contributed by atoms with Crippen LogP contribution in [0.15, 0.2) is 18.5 Å². The number of likely N-dealkylation sites (N-methyl/N-ethyl adjacent to an activating group) is 1. The van der Waals surface area contributed by atoms with E-state index in [1.807, 2.05) is 13.1 Å². The SMILES string of the molecule is CCCOCCC(Cc1ccncc1Cl)NC. The summed E-state index contributed by atoms with van der Waals surface area (Å²) in [7, 11) is 1.97. The summed E-state index contributed by atoms with van der Waals surface area (Å²) < 4.78 is 5.50. The van der Waals surface area contributed by atoms with Gasteiger partial charge in [-0.25, -0.2) is 0 Å². The Hall–Kier alpha value is -0.640. The van der Waals surface area contributed by atoms with Crippen LogP contribution in [0.3, 0.4) is 0 Å². The molecule has 17 heavy (non-hydrogen) atoms. The monoisotopic (exact) mass is 256 g/mol. The lowest BCUT2D eigenvalue weighted by Crippen LogP contribution is -2.29. The van der Waals surface area contributed by atoms with Crippen molar-refractivity contribution in [1.29, 1.82) is 0 Å². The Balaban J connectivity index is 2.38. The molecule has 1 N–H and O–H groups in total. The molecule has 1 aromatic heterocycles. The van der Waals surface area contributed by atoms with Crippen LogP contribution in [0, 0.1) is 0 Å². The van der Waals surface area contributed by atoms with Gasteiger partial charge in [-0.3, -0.25) is 4.98 Å². The van der Waals surface area contributed by atoms with Crippen molar-refractivity contribution in [3.05, 3.63) is 29.0 Å². The molecule has 0 fully saturated rings. The molecule has 0 amide bonds. The summed E-state index contributed by atoms with van der Waals surface area (Å²) in [4.78, 5) is 3.99. The summed E-state index contributed by atoms with van der Waals surface area (Å²) in [6.07, 6.45) is 6.45. The smallest absolute Gasteiger partial charge is 0.0621 e. The van der Waals surface area contributed by atoms with Gasteiger partial charge in [0.15, 0.2) is 0 Å². The average molecular weight is 257 g/mol. The lowest BCUT2D eigenvalue weighted by atomic mass is 10.1. The van der Waals surface area contributed by atoms with Crippen molar-refractivity contribution in [2.75, 3.05) is 20.3 Å². The molecule has 0 aliphatic rings. The number of hydrogen-bond donors (Lipinski definition) is 1. The third-order valence-corrected chi connectivity index (χ3v) is 3.03. The fraction of sp³-hybridized carbons (Fsp3) is 0.615. The van der Waals surface area contributed by atoms with Crippen molar-refractivity contribution in [3.63, 3.8) is 0 Å². The molecule has 1 rings (SSSR count). The molecule has 1 unspecified atom stereocenters. The summed E-state index contributed by atoms with van der Waals surface area (Å²) in [5, 5.41) is 4.03. The molecule has 4 heteroatoms. The number of nitrogens with zero attached hydrogens (tertiary/aromatic N) is 1. The van der Waals surface area contributed by atoms with Crippen molar-refractivity contribution < 1.29 is 4.74 Å². The van der Waals surface area contributed by atoms with Crippen LogP contribution in [0.4, 0.5) is 0 Å². The molecule has 1 atom stereocenters. The Labute approximate surface area is 109 Å². The summed E-state index contributed by atoms with van der Waals surface area (Å²) in [5.74, 6) is 0. The Morgan fingerprint density at radius 1 is 1.47 bits per heavy atom. The Morgan fingerprint density at radius 2 is 2.29 bits per heavy atom. The maximum atomic E-state index is 6.09.